The largest absolute Gasteiger partial charge is 0.756 e. The first-order chi connectivity index (χ1) is 43.0. The number of carbonyl (C=O) groups is 1. The van der Waals surface area contributed by atoms with Gasteiger partial charge in [0.15, 0.2) is 0 Å². The van der Waals surface area contributed by atoms with Gasteiger partial charge in [0.2, 0.25) is 5.91 Å². The molecular formula is C79H141N2O6P. The van der Waals surface area contributed by atoms with Gasteiger partial charge in [0.1, 0.15) is 13.2 Å². The van der Waals surface area contributed by atoms with E-state index in [1.165, 1.54) is 186 Å². The third-order valence-corrected chi connectivity index (χ3v) is 17.2. The van der Waals surface area contributed by atoms with E-state index in [2.05, 4.69) is 141 Å². The van der Waals surface area contributed by atoms with E-state index in [-0.39, 0.29) is 19.1 Å². The van der Waals surface area contributed by atoms with Crippen LogP contribution in [0.2, 0.25) is 0 Å². The fourth-order valence-electron chi connectivity index (χ4n) is 10.5. The van der Waals surface area contributed by atoms with Crippen molar-refractivity contribution in [3.05, 3.63) is 122 Å². The van der Waals surface area contributed by atoms with Crippen LogP contribution >= 0.6 is 7.82 Å². The normalized spacial score (nSPS) is 14.3. The van der Waals surface area contributed by atoms with Crippen molar-refractivity contribution >= 4 is 13.7 Å². The minimum atomic E-state index is -4.59. The van der Waals surface area contributed by atoms with Gasteiger partial charge in [-0.1, -0.05) is 347 Å². The average molecular weight is 1250 g/mol. The number of quaternary nitrogens is 1. The molecule has 0 bridgehead atoms. The summed E-state index contributed by atoms with van der Waals surface area (Å²) >= 11 is 0. The quantitative estimate of drug-likeness (QED) is 0.0272. The highest BCUT2D eigenvalue weighted by Gasteiger charge is 2.24. The fourth-order valence-corrected chi connectivity index (χ4v) is 11.3. The second-order valence-corrected chi connectivity index (χ2v) is 27.3. The summed E-state index contributed by atoms with van der Waals surface area (Å²) in [6.45, 7) is 4.63. The maximum atomic E-state index is 13.1. The summed E-state index contributed by atoms with van der Waals surface area (Å²) in [5, 5.41) is 14.1. The van der Waals surface area contributed by atoms with Crippen molar-refractivity contribution in [2.24, 2.45) is 0 Å². The van der Waals surface area contributed by atoms with Crippen molar-refractivity contribution in [2.75, 3.05) is 40.9 Å². The molecule has 0 aromatic carbocycles. The Morgan fingerprint density at radius 3 is 1.01 bits per heavy atom. The van der Waals surface area contributed by atoms with Crippen LogP contribution in [0, 0.1) is 0 Å². The predicted molar refractivity (Wildman–Crippen MR) is 385 cm³/mol. The first-order valence-corrected chi connectivity index (χ1v) is 38.3. The third kappa shape index (κ3) is 70.4. The molecule has 0 heterocycles. The van der Waals surface area contributed by atoms with Gasteiger partial charge in [-0.05, 0) is 89.9 Å². The van der Waals surface area contributed by atoms with Crippen molar-refractivity contribution in [3.63, 3.8) is 0 Å². The molecule has 3 atom stereocenters. The number of nitrogens with zero attached hydrogens (tertiary/aromatic N) is 1. The number of phosphoric acid groups is 1. The van der Waals surface area contributed by atoms with Crippen LogP contribution in [-0.2, 0) is 18.4 Å². The molecule has 0 radical (unpaired) electrons. The zero-order chi connectivity index (χ0) is 64.1. The molecule has 0 aromatic heterocycles. The van der Waals surface area contributed by atoms with Crippen molar-refractivity contribution < 1.29 is 32.9 Å². The van der Waals surface area contributed by atoms with Gasteiger partial charge in [0.05, 0.1) is 39.9 Å². The van der Waals surface area contributed by atoms with E-state index in [9.17, 15) is 19.4 Å². The lowest BCUT2D eigenvalue weighted by Gasteiger charge is -2.30. The molecule has 1 amide bonds. The van der Waals surface area contributed by atoms with Crippen LogP contribution in [0.3, 0.4) is 0 Å². The molecule has 9 heteroatoms. The maximum Gasteiger partial charge on any atom is 0.268 e. The predicted octanol–water partition coefficient (Wildman–Crippen LogP) is 23.4. The third-order valence-electron chi connectivity index (χ3n) is 16.2. The number of unbranched alkanes of at least 4 members (excludes halogenated alkanes) is 34. The minimum Gasteiger partial charge on any atom is -0.756 e. The van der Waals surface area contributed by atoms with E-state index >= 15 is 0 Å². The summed E-state index contributed by atoms with van der Waals surface area (Å²) in [6.07, 6.45) is 101. The summed E-state index contributed by atoms with van der Waals surface area (Å²) in [4.78, 5) is 25.7. The number of phosphoric ester groups is 1. The van der Waals surface area contributed by atoms with Crippen LogP contribution in [0.25, 0.3) is 0 Å². The molecule has 0 aliphatic rings. The molecule has 0 saturated carbocycles. The van der Waals surface area contributed by atoms with Gasteiger partial charge in [-0.15, -0.1) is 0 Å². The monoisotopic (exact) mass is 1250 g/mol. The zero-order valence-electron chi connectivity index (χ0n) is 58.1. The highest BCUT2D eigenvalue weighted by Crippen LogP contribution is 2.38. The van der Waals surface area contributed by atoms with Crippen molar-refractivity contribution in [3.8, 4) is 0 Å². The number of carbonyl (C=O) groups excluding carboxylic acids is 1. The Bertz CT molecular complexity index is 1850. The lowest BCUT2D eigenvalue weighted by molar-refractivity contribution is -0.870. The smallest absolute Gasteiger partial charge is 0.268 e. The number of aliphatic hydroxyl groups is 1. The molecule has 0 fully saturated rings. The second kappa shape index (κ2) is 68.3. The average Bonchev–Trinajstić information content (AvgIpc) is 3.70. The van der Waals surface area contributed by atoms with Crippen LogP contribution < -0.4 is 10.2 Å². The van der Waals surface area contributed by atoms with E-state index in [1.54, 1.807) is 0 Å². The first kappa shape index (κ1) is 84.9. The van der Waals surface area contributed by atoms with Gasteiger partial charge in [-0.2, -0.15) is 0 Å². The molecule has 0 saturated heterocycles. The molecule has 0 rings (SSSR count). The summed E-state index contributed by atoms with van der Waals surface area (Å²) < 4.78 is 23.5. The molecule has 508 valence electrons. The number of rotatable bonds is 67. The zero-order valence-corrected chi connectivity index (χ0v) is 59.0. The molecular weight excluding hydrogens is 1100 g/mol. The first-order valence-electron chi connectivity index (χ1n) is 36.9. The van der Waals surface area contributed by atoms with Crippen molar-refractivity contribution in [1.29, 1.82) is 0 Å². The molecule has 3 unspecified atom stereocenters. The van der Waals surface area contributed by atoms with E-state index < -0.39 is 20.0 Å². The number of hydrogen-bond acceptors (Lipinski definition) is 6. The van der Waals surface area contributed by atoms with Crippen LogP contribution in [0.4, 0.5) is 0 Å². The Kier molecular flexibility index (Phi) is 65.9. The molecule has 0 aromatic rings. The van der Waals surface area contributed by atoms with Crippen molar-refractivity contribution in [2.45, 2.75) is 334 Å². The van der Waals surface area contributed by atoms with E-state index in [4.69, 9.17) is 9.05 Å². The summed E-state index contributed by atoms with van der Waals surface area (Å²) in [7, 11) is 1.29. The van der Waals surface area contributed by atoms with Crippen LogP contribution in [0.15, 0.2) is 122 Å². The molecule has 0 spiro atoms. The Morgan fingerprint density at radius 2 is 0.693 bits per heavy atom. The number of likely N-dealkylation sites (N-methyl/N-ethyl adjacent to an activating group) is 1. The number of allylic oxidation sites excluding steroid dienone is 20. The molecule has 88 heavy (non-hydrogen) atoms. The van der Waals surface area contributed by atoms with Gasteiger partial charge in [-0.25, -0.2) is 0 Å². The van der Waals surface area contributed by atoms with E-state index in [0.29, 0.717) is 23.9 Å². The maximum absolute atomic E-state index is 13.1. The topological polar surface area (TPSA) is 108 Å². The lowest BCUT2D eigenvalue weighted by atomic mass is 10.0. The molecule has 0 aliphatic heterocycles. The number of nitrogens with one attached hydrogen (secondary N) is 1. The second-order valence-electron chi connectivity index (χ2n) is 25.9. The van der Waals surface area contributed by atoms with Gasteiger partial charge in [0.25, 0.3) is 7.82 Å². The lowest BCUT2D eigenvalue weighted by Crippen LogP contribution is -2.46. The SMILES string of the molecule is CC/C=C\C/C=C\C/C=C\C/C=C\C/C=C\C/C=C\C/C=C\C/C=C\C/C=C\C/C=C\CCCCCCCCCCC(=O)NC(COP(=O)([O-])OCC[N+](C)(C)C)C(O)CCCCCCCCCCCCCCCCCCCCCCCCCCCCC. The fraction of sp³-hybridized carbons (Fsp3) is 0.734. The minimum absolute atomic E-state index is 0.00557. The summed E-state index contributed by atoms with van der Waals surface area (Å²) in [5.41, 5.74) is 0. The molecule has 2 N–H and O–H groups in total. The Balaban J connectivity index is 4.09. The molecule has 0 aliphatic carbocycles. The number of hydrogen-bond donors (Lipinski definition) is 2. The standard InChI is InChI=1S/C79H141N2O6P/c1-6-8-10-12-14-16-18-20-22-24-26-28-30-32-34-35-36-37-38-39-40-41-42-43-44-45-47-49-51-53-55-57-59-61-63-65-67-69-71-73-79(83)80-77(76-87-88(84,85)86-75-74-81(3,4)5)78(82)72-70-68-66-64-62-60-58-56-54-52-50-48-46-33-31-29-27-25-23-21-19-17-15-13-11-9-7-2/h8,10,14,16,20,22,26,28,32,34,36-37,39-40,42-43,45,47,51,53,77-78,82H,6-7,9,11-13,15,17-19,21,23-25,27,29-31,33,35,38,41,44,46,48-50,52,54-76H2,1-5H3,(H-,80,83,84,85)/b10-8-,16-14-,22-20-,28-26-,34-32-,37-36-,40-39-,43-42-,47-45-,53-51-. The van der Waals surface area contributed by atoms with Crippen molar-refractivity contribution in [1.82, 2.24) is 5.32 Å². The van der Waals surface area contributed by atoms with Crippen LogP contribution in [-0.4, -0.2) is 68.5 Å². The Hall–Kier alpha value is -3.10. The van der Waals surface area contributed by atoms with Gasteiger partial charge in [-0.3, -0.25) is 9.36 Å². The number of aliphatic hydroxyl groups excluding tert-OH is 1. The Morgan fingerprint density at radius 1 is 0.409 bits per heavy atom. The molecule has 8 nitrogen and oxygen atoms in total. The summed E-state index contributed by atoms with van der Waals surface area (Å²) in [6, 6.07) is -0.815. The van der Waals surface area contributed by atoms with Crippen LogP contribution in [0.1, 0.15) is 322 Å². The van der Waals surface area contributed by atoms with Gasteiger partial charge >= 0.3 is 0 Å². The highest BCUT2D eigenvalue weighted by molar-refractivity contribution is 7.45. The van der Waals surface area contributed by atoms with E-state index in [0.717, 1.165) is 109 Å². The highest BCUT2D eigenvalue weighted by atomic mass is 31.2. The number of amides is 1. The van der Waals surface area contributed by atoms with E-state index in [1.807, 2.05) is 21.1 Å². The van der Waals surface area contributed by atoms with Gasteiger partial charge < -0.3 is 28.8 Å². The van der Waals surface area contributed by atoms with Crippen LogP contribution in [0.5, 0.6) is 0 Å². The summed E-state index contributed by atoms with van der Waals surface area (Å²) in [5.74, 6) is -0.174. The van der Waals surface area contributed by atoms with Gasteiger partial charge in [0, 0.05) is 6.42 Å². The Labute approximate surface area is 545 Å².